The van der Waals surface area contributed by atoms with Crippen LogP contribution < -0.4 is 10.6 Å². The van der Waals surface area contributed by atoms with Gasteiger partial charge in [-0.1, -0.05) is 35.9 Å². The van der Waals surface area contributed by atoms with Gasteiger partial charge < -0.3 is 10.6 Å². The molecule has 2 N–H and O–H groups in total. The minimum atomic E-state index is -0.137. The summed E-state index contributed by atoms with van der Waals surface area (Å²) in [6.45, 7) is 2.59. The molecule has 1 heterocycles. The van der Waals surface area contributed by atoms with Gasteiger partial charge >= 0.3 is 0 Å². The van der Waals surface area contributed by atoms with Gasteiger partial charge in [-0.25, -0.2) is 0 Å². The number of nitrogens with one attached hydrogen (secondary N) is 2. The molecule has 1 saturated carbocycles. The summed E-state index contributed by atoms with van der Waals surface area (Å²) in [6.07, 6.45) is 7.80. The second-order valence-corrected chi connectivity index (χ2v) is 8.70. The predicted octanol–water partition coefficient (Wildman–Crippen LogP) is 4.20. The molecule has 0 radical (unpaired) electrons. The third kappa shape index (κ3) is 6.18. The molecular weight excluding hydrogens is 410 g/mol. The van der Waals surface area contributed by atoms with Crippen LogP contribution in [0.15, 0.2) is 54.6 Å². The molecule has 2 aromatic rings. The van der Waals surface area contributed by atoms with Crippen molar-refractivity contribution in [2.45, 2.75) is 37.8 Å². The molecule has 2 aromatic carbocycles. The maximum Gasteiger partial charge on any atom is 0.251 e. The number of nitrogens with zero attached hydrogens (tertiary/aromatic N) is 1. The average Bonchev–Trinajstić information content (AvgIpc) is 3.42. The number of rotatable bonds is 8. The Morgan fingerprint density at radius 2 is 1.84 bits per heavy atom. The van der Waals surface area contributed by atoms with Gasteiger partial charge in [-0.15, -0.1) is 0 Å². The fourth-order valence-corrected chi connectivity index (χ4v) is 4.09. The molecule has 1 atom stereocenters. The Kier molecular flexibility index (Phi) is 7.05. The number of carbonyl (C=O) groups excluding carboxylic acids is 2. The van der Waals surface area contributed by atoms with Crippen LogP contribution in [0, 0.1) is 0 Å². The minimum absolute atomic E-state index is 0.0373. The Bertz CT molecular complexity index is 947. The first-order valence-electron chi connectivity index (χ1n) is 10.9. The second-order valence-electron chi connectivity index (χ2n) is 8.26. The standard InChI is InChI=1S/C25H28ClN3O2/c26-21-5-3-4-20(16-21)23(29-14-1-2-15-29)17-27-24(30)13-8-18-6-9-19(10-7-18)25(31)28-22-11-12-22/h3-10,13,16,22-23H,1-2,11-12,14-15,17H2,(H,27,30)(H,28,31)/b13-8+/t23-/m1/s1. The lowest BCUT2D eigenvalue weighted by molar-refractivity contribution is -0.116. The highest BCUT2D eigenvalue weighted by Crippen LogP contribution is 2.26. The third-order valence-corrected chi connectivity index (χ3v) is 6.03. The highest BCUT2D eigenvalue weighted by atomic mass is 35.5. The van der Waals surface area contributed by atoms with E-state index in [1.807, 2.05) is 30.3 Å². The molecule has 5 nitrogen and oxygen atoms in total. The second kappa shape index (κ2) is 10.1. The third-order valence-electron chi connectivity index (χ3n) is 5.80. The molecule has 0 bridgehead atoms. The topological polar surface area (TPSA) is 61.4 Å². The van der Waals surface area contributed by atoms with E-state index in [2.05, 4.69) is 21.6 Å². The Labute approximate surface area is 188 Å². The van der Waals surface area contributed by atoms with Crippen LogP contribution in [0.1, 0.15) is 53.2 Å². The van der Waals surface area contributed by atoms with E-state index in [4.69, 9.17) is 11.6 Å². The smallest absolute Gasteiger partial charge is 0.251 e. The molecule has 1 aliphatic carbocycles. The quantitative estimate of drug-likeness (QED) is 0.608. The van der Waals surface area contributed by atoms with E-state index in [9.17, 15) is 9.59 Å². The molecule has 1 saturated heterocycles. The van der Waals surface area contributed by atoms with Crippen molar-refractivity contribution < 1.29 is 9.59 Å². The molecular formula is C25H28ClN3O2. The van der Waals surface area contributed by atoms with Crippen LogP contribution in [-0.4, -0.2) is 42.4 Å². The monoisotopic (exact) mass is 437 g/mol. The van der Waals surface area contributed by atoms with Crippen LogP contribution in [0.4, 0.5) is 0 Å². The largest absolute Gasteiger partial charge is 0.351 e. The summed E-state index contributed by atoms with van der Waals surface area (Å²) in [5, 5.41) is 6.72. The molecule has 0 unspecified atom stereocenters. The SMILES string of the molecule is O=C(/C=C/c1ccc(C(=O)NC2CC2)cc1)NC[C@H](c1cccc(Cl)c1)N1CCCC1. The molecule has 162 valence electrons. The fraction of sp³-hybridized carbons (Fsp3) is 0.360. The van der Waals surface area contributed by atoms with E-state index in [1.165, 1.54) is 18.9 Å². The van der Waals surface area contributed by atoms with Crippen LogP contribution in [0.5, 0.6) is 0 Å². The zero-order chi connectivity index (χ0) is 21.6. The molecule has 1 aliphatic heterocycles. The maximum absolute atomic E-state index is 12.4. The highest BCUT2D eigenvalue weighted by Gasteiger charge is 2.24. The lowest BCUT2D eigenvalue weighted by atomic mass is 10.1. The molecule has 31 heavy (non-hydrogen) atoms. The lowest BCUT2D eigenvalue weighted by Crippen LogP contribution is -2.36. The van der Waals surface area contributed by atoms with Crippen LogP contribution in [-0.2, 0) is 4.79 Å². The molecule has 2 fully saturated rings. The average molecular weight is 438 g/mol. The lowest BCUT2D eigenvalue weighted by Gasteiger charge is -2.28. The summed E-state index contributed by atoms with van der Waals surface area (Å²) in [4.78, 5) is 26.9. The van der Waals surface area contributed by atoms with Crippen molar-refractivity contribution in [1.29, 1.82) is 0 Å². The molecule has 6 heteroatoms. The summed E-state index contributed by atoms with van der Waals surface area (Å²) >= 11 is 6.19. The van der Waals surface area contributed by atoms with Crippen LogP contribution in [0.2, 0.25) is 5.02 Å². The Morgan fingerprint density at radius 1 is 1.10 bits per heavy atom. The Hall–Kier alpha value is -2.63. The normalized spacial score (nSPS) is 17.6. The molecule has 4 rings (SSSR count). The van der Waals surface area contributed by atoms with Gasteiger partial charge in [0.05, 0.1) is 6.04 Å². The summed E-state index contributed by atoms with van der Waals surface area (Å²) in [7, 11) is 0. The summed E-state index contributed by atoms with van der Waals surface area (Å²) in [5.41, 5.74) is 2.64. The molecule has 0 spiro atoms. The number of hydrogen-bond acceptors (Lipinski definition) is 3. The summed E-state index contributed by atoms with van der Waals surface area (Å²) < 4.78 is 0. The van der Waals surface area contributed by atoms with E-state index in [0.717, 1.165) is 37.1 Å². The van der Waals surface area contributed by atoms with Gasteiger partial charge in [-0.05, 0) is 80.2 Å². The molecule has 2 aliphatic rings. The Balaban J connectivity index is 1.33. The van der Waals surface area contributed by atoms with E-state index in [1.54, 1.807) is 18.2 Å². The van der Waals surface area contributed by atoms with E-state index < -0.39 is 0 Å². The summed E-state index contributed by atoms with van der Waals surface area (Å²) in [5.74, 6) is -0.175. The van der Waals surface area contributed by atoms with E-state index >= 15 is 0 Å². The minimum Gasteiger partial charge on any atom is -0.351 e. The maximum atomic E-state index is 12.4. The van der Waals surface area contributed by atoms with Crippen molar-refractivity contribution in [3.05, 3.63) is 76.3 Å². The van der Waals surface area contributed by atoms with Crippen molar-refractivity contribution in [2.24, 2.45) is 0 Å². The van der Waals surface area contributed by atoms with Crippen LogP contribution in [0.25, 0.3) is 6.08 Å². The number of amides is 2. The number of benzene rings is 2. The first-order chi connectivity index (χ1) is 15.1. The first kappa shape index (κ1) is 21.6. The Morgan fingerprint density at radius 3 is 2.52 bits per heavy atom. The number of halogens is 1. The number of carbonyl (C=O) groups is 2. The van der Waals surface area contributed by atoms with Gasteiger partial charge in [0.15, 0.2) is 0 Å². The van der Waals surface area contributed by atoms with Crippen molar-refractivity contribution in [3.63, 3.8) is 0 Å². The first-order valence-corrected chi connectivity index (χ1v) is 11.3. The number of hydrogen-bond donors (Lipinski definition) is 2. The van der Waals surface area contributed by atoms with Gasteiger partial charge in [0, 0.05) is 29.2 Å². The highest BCUT2D eigenvalue weighted by molar-refractivity contribution is 6.30. The van der Waals surface area contributed by atoms with Crippen molar-refractivity contribution in [2.75, 3.05) is 19.6 Å². The van der Waals surface area contributed by atoms with Gasteiger partial charge in [0.25, 0.3) is 5.91 Å². The van der Waals surface area contributed by atoms with Gasteiger partial charge in [0.1, 0.15) is 0 Å². The molecule has 0 aromatic heterocycles. The van der Waals surface area contributed by atoms with Gasteiger partial charge in [-0.3, -0.25) is 14.5 Å². The van der Waals surface area contributed by atoms with Crippen molar-refractivity contribution in [3.8, 4) is 0 Å². The van der Waals surface area contributed by atoms with E-state index in [0.29, 0.717) is 23.2 Å². The van der Waals surface area contributed by atoms with Crippen molar-refractivity contribution >= 4 is 29.5 Å². The molecule has 2 amide bonds. The van der Waals surface area contributed by atoms with Gasteiger partial charge in [0.2, 0.25) is 5.91 Å². The number of likely N-dealkylation sites (tertiary alicyclic amines) is 1. The fourth-order valence-electron chi connectivity index (χ4n) is 3.90. The van der Waals surface area contributed by atoms with Crippen molar-refractivity contribution in [1.82, 2.24) is 15.5 Å². The zero-order valence-electron chi connectivity index (χ0n) is 17.5. The van der Waals surface area contributed by atoms with Crippen LogP contribution in [0.3, 0.4) is 0 Å². The van der Waals surface area contributed by atoms with Crippen LogP contribution >= 0.6 is 11.6 Å². The van der Waals surface area contributed by atoms with E-state index in [-0.39, 0.29) is 17.9 Å². The predicted molar refractivity (Wildman–Crippen MR) is 124 cm³/mol. The van der Waals surface area contributed by atoms with Gasteiger partial charge in [-0.2, -0.15) is 0 Å². The summed E-state index contributed by atoms with van der Waals surface area (Å²) in [6, 6.07) is 15.6. The zero-order valence-corrected chi connectivity index (χ0v) is 18.3.